The van der Waals surface area contributed by atoms with Crippen LogP contribution in [0.3, 0.4) is 0 Å². The van der Waals surface area contributed by atoms with E-state index in [0.29, 0.717) is 11.3 Å². The zero-order valence-electron chi connectivity index (χ0n) is 26.4. The van der Waals surface area contributed by atoms with Crippen molar-refractivity contribution in [3.05, 3.63) is 83.9 Å². The van der Waals surface area contributed by atoms with Crippen molar-refractivity contribution in [2.45, 2.75) is 117 Å². The van der Waals surface area contributed by atoms with Crippen LogP contribution in [0.4, 0.5) is 0 Å². The minimum Gasteiger partial charge on any atom is -0.491 e. The Hall–Kier alpha value is -3.11. The van der Waals surface area contributed by atoms with Gasteiger partial charge in [0.05, 0.1) is 17.8 Å². The monoisotopic (exact) mass is 572 g/mol. The first kappa shape index (κ1) is 33.4. The average Bonchev–Trinajstić information content (AvgIpc) is 3.01. The molecule has 0 N–H and O–H groups in total. The fourth-order valence-electron chi connectivity index (χ4n) is 5.14. The van der Waals surface area contributed by atoms with Crippen molar-refractivity contribution < 1.29 is 19.0 Å². The maximum absolute atomic E-state index is 12.7. The lowest BCUT2D eigenvalue weighted by Crippen LogP contribution is -2.11. The number of ether oxygens (including phenoxy) is 3. The summed E-state index contributed by atoms with van der Waals surface area (Å²) in [5.41, 5.74) is 3.86. The minimum absolute atomic E-state index is 0.0788. The number of rotatable bonds is 20. The van der Waals surface area contributed by atoms with Crippen molar-refractivity contribution in [2.24, 2.45) is 0 Å². The molecule has 0 amide bonds. The van der Waals surface area contributed by atoms with E-state index in [9.17, 15) is 4.79 Å². The predicted octanol–water partition coefficient (Wildman–Crippen LogP) is 11.1. The number of unbranched alkanes of at least 4 members (excludes halogenated alkanes) is 9. The zero-order chi connectivity index (χ0) is 30.0. The van der Waals surface area contributed by atoms with Crippen molar-refractivity contribution in [2.75, 3.05) is 6.61 Å². The third-order valence-corrected chi connectivity index (χ3v) is 7.77. The van der Waals surface area contributed by atoms with Crippen LogP contribution in [0.5, 0.6) is 11.5 Å². The molecule has 4 nitrogen and oxygen atoms in total. The Balaban J connectivity index is 1.38. The first-order chi connectivity index (χ1) is 20.5. The highest BCUT2D eigenvalue weighted by Gasteiger charge is 2.11. The second kappa shape index (κ2) is 19.2. The van der Waals surface area contributed by atoms with Crippen molar-refractivity contribution in [3.8, 4) is 22.6 Å². The molecule has 0 aliphatic heterocycles. The van der Waals surface area contributed by atoms with Crippen LogP contribution in [-0.4, -0.2) is 18.7 Å². The number of hydrogen-bond acceptors (Lipinski definition) is 4. The maximum atomic E-state index is 12.7. The first-order valence-corrected chi connectivity index (χ1v) is 16.3. The minimum atomic E-state index is -0.377. The molecule has 2 unspecified atom stereocenters. The lowest BCUT2D eigenvalue weighted by molar-refractivity contribution is 0.0627. The Morgan fingerprint density at radius 2 is 1.14 bits per heavy atom. The molecule has 4 heteroatoms. The zero-order valence-corrected chi connectivity index (χ0v) is 26.4. The molecule has 3 aromatic carbocycles. The van der Waals surface area contributed by atoms with Gasteiger partial charge in [-0.2, -0.15) is 0 Å². The number of carbonyl (C=O) groups is 1. The smallest absolute Gasteiger partial charge is 0.343 e. The third-order valence-electron chi connectivity index (χ3n) is 7.77. The number of hydrogen-bond donors (Lipinski definition) is 0. The van der Waals surface area contributed by atoms with E-state index in [1.807, 2.05) is 36.4 Å². The van der Waals surface area contributed by atoms with Gasteiger partial charge in [-0.05, 0) is 79.8 Å². The quantitative estimate of drug-likeness (QED) is 0.0767. The van der Waals surface area contributed by atoms with E-state index in [1.165, 1.54) is 63.4 Å². The standard InChI is InChI=1S/C38H52O4/c1-5-7-8-9-10-11-12-13-14-15-29-40-31(4)32-17-19-33(20-18-32)34-21-23-35(24-22-34)38(39)42-37-27-25-36(26-28-37)41-30(3)16-6-2/h17-28,30-31H,5-16,29H2,1-4H3. The topological polar surface area (TPSA) is 44.8 Å². The van der Waals surface area contributed by atoms with Crippen LogP contribution < -0.4 is 9.47 Å². The van der Waals surface area contributed by atoms with Gasteiger partial charge in [-0.15, -0.1) is 0 Å². The molecule has 0 fully saturated rings. The summed E-state index contributed by atoms with van der Waals surface area (Å²) in [4.78, 5) is 12.7. The summed E-state index contributed by atoms with van der Waals surface area (Å²) in [5.74, 6) is 0.902. The normalized spacial score (nSPS) is 12.6. The van der Waals surface area contributed by atoms with Crippen LogP contribution in [0.1, 0.15) is 127 Å². The van der Waals surface area contributed by atoms with Gasteiger partial charge in [-0.1, -0.05) is 114 Å². The van der Waals surface area contributed by atoms with Crippen molar-refractivity contribution in [3.63, 3.8) is 0 Å². The van der Waals surface area contributed by atoms with Crippen LogP contribution in [0.2, 0.25) is 0 Å². The first-order valence-electron chi connectivity index (χ1n) is 16.3. The number of benzene rings is 3. The fraction of sp³-hybridized carbons (Fsp3) is 0.500. The van der Waals surface area contributed by atoms with E-state index >= 15 is 0 Å². The summed E-state index contributed by atoms with van der Waals surface area (Å²) in [6.07, 6.45) is 15.7. The van der Waals surface area contributed by atoms with Crippen LogP contribution >= 0.6 is 0 Å². The van der Waals surface area contributed by atoms with E-state index in [4.69, 9.17) is 14.2 Å². The van der Waals surface area contributed by atoms with Crippen LogP contribution in [0.15, 0.2) is 72.8 Å². The van der Waals surface area contributed by atoms with Crippen LogP contribution in [0, 0.1) is 0 Å². The van der Waals surface area contributed by atoms with E-state index in [2.05, 4.69) is 52.0 Å². The molecule has 3 rings (SSSR count). The van der Waals surface area contributed by atoms with Gasteiger partial charge in [0.25, 0.3) is 0 Å². The molecular formula is C38H52O4. The van der Waals surface area contributed by atoms with Gasteiger partial charge >= 0.3 is 5.97 Å². The second-order valence-electron chi connectivity index (χ2n) is 11.5. The number of carbonyl (C=O) groups excluding carboxylic acids is 1. The van der Waals surface area contributed by atoms with Gasteiger partial charge in [-0.25, -0.2) is 4.79 Å². The molecule has 0 bridgehead atoms. The van der Waals surface area contributed by atoms with Gasteiger partial charge < -0.3 is 14.2 Å². The Bertz CT molecular complexity index is 1140. The summed E-state index contributed by atoms with van der Waals surface area (Å²) in [5, 5.41) is 0. The molecule has 42 heavy (non-hydrogen) atoms. The highest BCUT2D eigenvalue weighted by atomic mass is 16.5. The average molecular weight is 573 g/mol. The van der Waals surface area contributed by atoms with E-state index in [0.717, 1.165) is 42.7 Å². The molecule has 0 aliphatic carbocycles. The highest BCUT2D eigenvalue weighted by molar-refractivity contribution is 5.91. The molecule has 0 spiro atoms. The third kappa shape index (κ3) is 12.0. The molecule has 2 atom stereocenters. The highest BCUT2D eigenvalue weighted by Crippen LogP contribution is 2.25. The number of esters is 1. The molecule has 0 aromatic heterocycles. The maximum Gasteiger partial charge on any atom is 0.343 e. The summed E-state index contributed by atoms with van der Waals surface area (Å²) >= 11 is 0. The molecule has 0 saturated heterocycles. The Labute approximate surface area is 254 Å². The van der Waals surface area contributed by atoms with Crippen molar-refractivity contribution >= 4 is 5.97 Å². The lowest BCUT2D eigenvalue weighted by atomic mass is 10.0. The van der Waals surface area contributed by atoms with Crippen LogP contribution in [-0.2, 0) is 4.74 Å². The van der Waals surface area contributed by atoms with E-state index < -0.39 is 0 Å². The summed E-state index contributed by atoms with van der Waals surface area (Å²) < 4.78 is 17.6. The Morgan fingerprint density at radius 1 is 0.619 bits per heavy atom. The molecule has 0 aliphatic rings. The predicted molar refractivity (Wildman–Crippen MR) is 174 cm³/mol. The van der Waals surface area contributed by atoms with Gasteiger partial charge in [-0.3, -0.25) is 0 Å². The Kier molecular flexibility index (Phi) is 15.2. The lowest BCUT2D eigenvalue weighted by Gasteiger charge is -2.14. The second-order valence-corrected chi connectivity index (χ2v) is 11.5. The summed E-state index contributed by atoms with van der Waals surface area (Å²) in [7, 11) is 0. The molecule has 0 saturated carbocycles. The summed E-state index contributed by atoms with van der Waals surface area (Å²) in [6.45, 7) is 9.41. The van der Waals surface area contributed by atoms with E-state index in [1.54, 1.807) is 12.1 Å². The molecular weight excluding hydrogens is 520 g/mol. The van der Waals surface area contributed by atoms with Crippen molar-refractivity contribution in [1.82, 2.24) is 0 Å². The molecule has 0 heterocycles. The van der Waals surface area contributed by atoms with E-state index in [-0.39, 0.29) is 18.2 Å². The Morgan fingerprint density at radius 3 is 1.71 bits per heavy atom. The molecule has 0 radical (unpaired) electrons. The van der Waals surface area contributed by atoms with Crippen LogP contribution in [0.25, 0.3) is 11.1 Å². The van der Waals surface area contributed by atoms with Gasteiger partial charge in [0.15, 0.2) is 0 Å². The largest absolute Gasteiger partial charge is 0.491 e. The van der Waals surface area contributed by atoms with Gasteiger partial charge in [0.2, 0.25) is 0 Å². The summed E-state index contributed by atoms with van der Waals surface area (Å²) in [6, 6.07) is 23.3. The van der Waals surface area contributed by atoms with Gasteiger partial charge in [0, 0.05) is 6.61 Å². The molecule has 228 valence electrons. The van der Waals surface area contributed by atoms with Crippen molar-refractivity contribution in [1.29, 1.82) is 0 Å². The van der Waals surface area contributed by atoms with Gasteiger partial charge in [0.1, 0.15) is 11.5 Å². The fourth-order valence-corrected chi connectivity index (χ4v) is 5.14. The molecule has 3 aromatic rings. The SMILES string of the molecule is CCCCCCCCCCCCOC(C)c1ccc(-c2ccc(C(=O)Oc3ccc(OC(C)CCC)cc3)cc2)cc1.